The predicted octanol–water partition coefficient (Wildman–Crippen LogP) is 4.31. The van der Waals surface area contributed by atoms with E-state index in [9.17, 15) is 0 Å². The molecule has 0 bridgehead atoms. The Labute approximate surface area is 213 Å². The SMILES string of the molecule is CN=C(NCc1c(C)nn(Cc2ccccc2)c1C)NCC(C)Oc1ccccc1OC.I. The number of hydrogen-bond donors (Lipinski definition) is 2. The van der Waals surface area contributed by atoms with E-state index >= 15 is 0 Å². The van der Waals surface area contributed by atoms with E-state index in [1.807, 2.05) is 44.2 Å². The number of halogens is 1. The minimum absolute atomic E-state index is 0. The van der Waals surface area contributed by atoms with Crippen molar-refractivity contribution in [3.8, 4) is 11.5 Å². The molecule has 1 atom stereocenters. The third-order valence-electron chi connectivity index (χ3n) is 5.32. The summed E-state index contributed by atoms with van der Waals surface area (Å²) < 4.78 is 13.4. The number of methoxy groups -OCH3 is 1. The van der Waals surface area contributed by atoms with E-state index in [1.54, 1.807) is 14.2 Å². The third kappa shape index (κ3) is 7.38. The lowest BCUT2D eigenvalue weighted by molar-refractivity contribution is 0.213. The lowest BCUT2D eigenvalue weighted by Gasteiger charge is -2.19. The van der Waals surface area contributed by atoms with Gasteiger partial charge in [0.1, 0.15) is 6.10 Å². The number of ether oxygens (including phenoxy) is 2. The van der Waals surface area contributed by atoms with Gasteiger partial charge in [-0.25, -0.2) is 0 Å². The first-order valence-corrected chi connectivity index (χ1v) is 10.8. The third-order valence-corrected chi connectivity index (χ3v) is 5.32. The number of para-hydroxylation sites is 2. The number of aryl methyl sites for hydroxylation is 1. The van der Waals surface area contributed by atoms with Gasteiger partial charge in [0, 0.05) is 24.8 Å². The number of rotatable bonds is 9. The van der Waals surface area contributed by atoms with E-state index in [4.69, 9.17) is 14.6 Å². The molecule has 2 aromatic carbocycles. The Morgan fingerprint density at radius 1 is 1.03 bits per heavy atom. The van der Waals surface area contributed by atoms with Crippen molar-refractivity contribution in [2.75, 3.05) is 20.7 Å². The van der Waals surface area contributed by atoms with Crippen LogP contribution in [0.4, 0.5) is 0 Å². The molecule has 0 saturated carbocycles. The fourth-order valence-corrected chi connectivity index (χ4v) is 3.51. The van der Waals surface area contributed by atoms with E-state index in [0.29, 0.717) is 13.1 Å². The molecule has 33 heavy (non-hydrogen) atoms. The molecule has 0 radical (unpaired) electrons. The van der Waals surface area contributed by atoms with Crippen LogP contribution in [-0.2, 0) is 13.1 Å². The first kappa shape index (κ1) is 26.5. The minimum atomic E-state index is -0.0676. The van der Waals surface area contributed by atoms with Gasteiger partial charge in [-0.2, -0.15) is 5.10 Å². The monoisotopic (exact) mass is 563 g/mol. The maximum atomic E-state index is 6.01. The smallest absolute Gasteiger partial charge is 0.191 e. The maximum Gasteiger partial charge on any atom is 0.191 e. The molecule has 178 valence electrons. The molecule has 1 aromatic heterocycles. The molecule has 0 amide bonds. The van der Waals surface area contributed by atoms with Crippen LogP contribution in [0.1, 0.15) is 29.4 Å². The van der Waals surface area contributed by atoms with E-state index in [2.05, 4.69) is 51.5 Å². The van der Waals surface area contributed by atoms with Gasteiger partial charge in [0.05, 0.1) is 25.9 Å². The van der Waals surface area contributed by atoms with Gasteiger partial charge < -0.3 is 20.1 Å². The van der Waals surface area contributed by atoms with Gasteiger partial charge in [-0.3, -0.25) is 9.67 Å². The zero-order valence-electron chi connectivity index (χ0n) is 20.0. The Morgan fingerprint density at radius 2 is 1.70 bits per heavy atom. The van der Waals surface area contributed by atoms with Crippen LogP contribution in [0.25, 0.3) is 0 Å². The van der Waals surface area contributed by atoms with Crippen molar-refractivity contribution in [3.63, 3.8) is 0 Å². The molecule has 2 N–H and O–H groups in total. The number of aromatic nitrogens is 2. The zero-order valence-corrected chi connectivity index (χ0v) is 22.3. The van der Waals surface area contributed by atoms with Gasteiger partial charge in [-0.05, 0) is 38.5 Å². The number of benzene rings is 2. The first-order chi connectivity index (χ1) is 15.5. The highest BCUT2D eigenvalue weighted by atomic mass is 127. The van der Waals surface area contributed by atoms with Crippen molar-refractivity contribution in [1.29, 1.82) is 0 Å². The van der Waals surface area contributed by atoms with Crippen LogP contribution in [0, 0.1) is 13.8 Å². The quantitative estimate of drug-likeness (QED) is 0.231. The molecule has 0 spiro atoms. The Morgan fingerprint density at radius 3 is 2.36 bits per heavy atom. The summed E-state index contributed by atoms with van der Waals surface area (Å²) in [6.45, 7) is 8.17. The molecule has 1 unspecified atom stereocenters. The number of nitrogens with zero attached hydrogens (tertiary/aromatic N) is 3. The van der Waals surface area contributed by atoms with Gasteiger partial charge in [0.15, 0.2) is 17.5 Å². The highest BCUT2D eigenvalue weighted by Crippen LogP contribution is 2.26. The van der Waals surface area contributed by atoms with Gasteiger partial charge >= 0.3 is 0 Å². The molecule has 1 heterocycles. The number of hydrogen-bond acceptors (Lipinski definition) is 4. The normalized spacial score (nSPS) is 12.0. The summed E-state index contributed by atoms with van der Waals surface area (Å²) in [4.78, 5) is 4.34. The minimum Gasteiger partial charge on any atom is -0.493 e. The van der Waals surface area contributed by atoms with Crippen LogP contribution < -0.4 is 20.1 Å². The van der Waals surface area contributed by atoms with E-state index in [-0.39, 0.29) is 30.1 Å². The molecule has 0 aliphatic heterocycles. The second-order valence-electron chi connectivity index (χ2n) is 7.68. The lowest BCUT2D eigenvalue weighted by atomic mass is 10.2. The molecule has 3 aromatic rings. The highest BCUT2D eigenvalue weighted by molar-refractivity contribution is 14.0. The molecule has 8 heteroatoms. The predicted molar refractivity (Wildman–Crippen MR) is 144 cm³/mol. The summed E-state index contributed by atoms with van der Waals surface area (Å²) in [6.07, 6.45) is -0.0676. The maximum absolute atomic E-state index is 6.01. The number of guanidine groups is 1. The van der Waals surface area contributed by atoms with E-state index < -0.39 is 0 Å². The summed E-state index contributed by atoms with van der Waals surface area (Å²) in [5.74, 6) is 2.17. The Hall–Kier alpha value is -2.75. The summed E-state index contributed by atoms with van der Waals surface area (Å²) in [7, 11) is 3.41. The molecule has 0 saturated heterocycles. The fourth-order valence-electron chi connectivity index (χ4n) is 3.51. The van der Waals surface area contributed by atoms with Crippen LogP contribution in [0.15, 0.2) is 59.6 Å². The summed E-state index contributed by atoms with van der Waals surface area (Å²) >= 11 is 0. The van der Waals surface area contributed by atoms with E-state index in [0.717, 1.165) is 35.4 Å². The molecule has 3 rings (SSSR count). The number of nitrogens with one attached hydrogen (secondary N) is 2. The van der Waals surface area contributed by atoms with Crippen LogP contribution in [0.2, 0.25) is 0 Å². The molecule has 0 aliphatic rings. The summed E-state index contributed by atoms with van der Waals surface area (Å²) in [5.41, 5.74) is 4.60. The van der Waals surface area contributed by atoms with Gasteiger partial charge in [-0.1, -0.05) is 42.5 Å². The van der Waals surface area contributed by atoms with Crippen molar-refractivity contribution < 1.29 is 9.47 Å². The van der Waals surface area contributed by atoms with Crippen LogP contribution in [-0.4, -0.2) is 42.5 Å². The highest BCUT2D eigenvalue weighted by Gasteiger charge is 2.13. The van der Waals surface area contributed by atoms with Crippen molar-refractivity contribution >= 4 is 29.9 Å². The van der Waals surface area contributed by atoms with Crippen molar-refractivity contribution in [2.24, 2.45) is 4.99 Å². The average molecular weight is 563 g/mol. The van der Waals surface area contributed by atoms with Crippen molar-refractivity contribution in [1.82, 2.24) is 20.4 Å². The summed E-state index contributed by atoms with van der Waals surface area (Å²) in [6, 6.07) is 18.0. The first-order valence-electron chi connectivity index (χ1n) is 10.8. The van der Waals surface area contributed by atoms with Crippen LogP contribution in [0.5, 0.6) is 11.5 Å². The van der Waals surface area contributed by atoms with Crippen LogP contribution in [0.3, 0.4) is 0 Å². The fraction of sp³-hybridized carbons (Fsp3) is 0.360. The standard InChI is InChI=1S/C25H33N5O2.HI/c1-18(32-24-14-10-9-13-23(24)31-5)15-27-25(26-4)28-16-22-19(2)29-30(20(22)3)17-21-11-7-6-8-12-21;/h6-14,18H,15-17H2,1-5H3,(H2,26,27,28);1H. The van der Waals surface area contributed by atoms with E-state index in [1.165, 1.54) is 11.1 Å². The topological polar surface area (TPSA) is 72.7 Å². The molecular weight excluding hydrogens is 529 g/mol. The second-order valence-corrected chi connectivity index (χ2v) is 7.68. The Bertz CT molecular complexity index is 1040. The number of aliphatic imine (C=N–C) groups is 1. The summed E-state index contributed by atoms with van der Waals surface area (Å²) in [5, 5.41) is 11.5. The second kappa shape index (κ2) is 13.1. The molecule has 0 aliphatic carbocycles. The van der Waals surface area contributed by atoms with Crippen molar-refractivity contribution in [2.45, 2.75) is 40.0 Å². The van der Waals surface area contributed by atoms with Crippen LogP contribution >= 0.6 is 24.0 Å². The van der Waals surface area contributed by atoms with Gasteiger partial charge in [-0.15, -0.1) is 24.0 Å². The molecule has 7 nitrogen and oxygen atoms in total. The van der Waals surface area contributed by atoms with Gasteiger partial charge in [0.25, 0.3) is 0 Å². The Kier molecular flexibility index (Phi) is 10.5. The zero-order chi connectivity index (χ0) is 22.9. The average Bonchev–Trinajstić information content (AvgIpc) is 3.07. The van der Waals surface area contributed by atoms with Crippen molar-refractivity contribution in [3.05, 3.63) is 77.1 Å². The van der Waals surface area contributed by atoms with Gasteiger partial charge in [0.2, 0.25) is 0 Å². The molecular formula is C25H34IN5O2. The Balaban J connectivity index is 0.00000385. The lowest BCUT2D eigenvalue weighted by Crippen LogP contribution is -2.41. The largest absolute Gasteiger partial charge is 0.493 e. The molecule has 0 fully saturated rings.